The van der Waals surface area contributed by atoms with Crippen molar-refractivity contribution in [2.45, 2.75) is 51.4 Å². The molecule has 0 aromatic heterocycles. The molecule has 0 radical (unpaired) electrons. The average molecular weight is 332 g/mol. The Hall–Kier alpha value is -1.54. The molecule has 0 bridgehead atoms. The highest BCUT2D eigenvalue weighted by Gasteiger charge is 2.21. The second kappa shape index (κ2) is 8.93. The monoisotopic (exact) mass is 332 g/mol. The zero-order chi connectivity index (χ0) is 17.5. The summed E-state index contributed by atoms with van der Waals surface area (Å²) in [5.74, 6) is 0. The summed E-state index contributed by atoms with van der Waals surface area (Å²) in [5.41, 5.74) is -0.599. The Morgan fingerprint density at radius 3 is 2.70 bits per heavy atom. The van der Waals surface area contributed by atoms with E-state index in [1.807, 2.05) is 0 Å². The Morgan fingerprint density at radius 2 is 2.13 bits per heavy atom. The fourth-order valence-corrected chi connectivity index (χ4v) is 2.02. The second-order valence-corrected chi connectivity index (χ2v) is 6.63. The fraction of sp³-hybridized carbons (Fsp3) is 0.867. The van der Waals surface area contributed by atoms with Crippen LogP contribution in [0.25, 0.3) is 0 Å². The van der Waals surface area contributed by atoms with Crippen molar-refractivity contribution < 1.29 is 28.9 Å². The molecule has 1 rings (SSSR count). The molecule has 2 N–H and O–H groups in total. The number of carbonyl (C=O) groups excluding carboxylic acids is 2. The SMILES string of the molecule is CN(C[C@@H](O)CNC(=O)OC(C)(C)C)C(=O)OC[C@H]1CCCO1. The highest BCUT2D eigenvalue weighted by molar-refractivity contribution is 5.68. The lowest BCUT2D eigenvalue weighted by Crippen LogP contribution is -2.42. The molecule has 0 aliphatic carbocycles. The van der Waals surface area contributed by atoms with Gasteiger partial charge in [-0.1, -0.05) is 0 Å². The summed E-state index contributed by atoms with van der Waals surface area (Å²) in [5, 5.41) is 12.3. The van der Waals surface area contributed by atoms with Gasteiger partial charge in [-0.3, -0.25) is 0 Å². The Morgan fingerprint density at radius 1 is 1.43 bits per heavy atom. The highest BCUT2D eigenvalue weighted by atomic mass is 16.6. The minimum Gasteiger partial charge on any atom is -0.447 e. The van der Waals surface area contributed by atoms with Gasteiger partial charge in [0.25, 0.3) is 0 Å². The Balaban J connectivity index is 2.20. The molecule has 1 fully saturated rings. The number of alkyl carbamates (subject to hydrolysis) is 1. The van der Waals surface area contributed by atoms with Crippen LogP contribution in [0.1, 0.15) is 33.6 Å². The van der Waals surface area contributed by atoms with Gasteiger partial charge >= 0.3 is 12.2 Å². The van der Waals surface area contributed by atoms with Gasteiger partial charge in [-0.15, -0.1) is 0 Å². The molecular weight excluding hydrogens is 304 g/mol. The van der Waals surface area contributed by atoms with E-state index in [2.05, 4.69) is 5.32 Å². The molecule has 8 heteroatoms. The first-order valence-electron chi connectivity index (χ1n) is 7.82. The molecule has 1 aliphatic heterocycles. The molecule has 134 valence electrons. The van der Waals surface area contributed by atoms with E-state index in [1.54, 1.807) is 20.8 Å². The van der Waals surface area contributed by atoms with Crippen molar-refractivity contribution in [3.63, 3.8) is 0 Å². The van der Waals surface area contributed by atoms with Crippen LogP contribution in [0.3, 0.4) is 0 Å². The summed E-state index contributed by atoms with van der Waals surface area (Å²) in [6.07, 6.45) is -0.224. The first-order valence-corrected chi connectivity index (χ1v) is 7.82. The molecule has 0 spiro atoms. The molecule has 0 aromatic rings. The van der Waals surface area contributed by atoms with E-state index in [-0.39, 0.29) is 25.8 Å². The van der Waals surface area contributed by atoms with E-state index in [4.69, 9.17) is 14.2 Å². The molecular formula is C15H28N2O6. The van der Waals surface area contributed by atoms with Crippen molar-refractivity contribution in [3.05, 3.63) is 0 Å². The van der Waals surface area contributed by atoms with E-state index < -0.39 is 23.9 Å². The molecule has 8 nitrogen and oxygen atoms in total. The Bertz CT molecular complexity index is 390. The topological polar surface area (TPSA) is 97.3 Å². The van der Waals surface area contributed by atoms with Crippen molar-refractivity contribution in [3.8, 4) is 0 Å². The van der Waals surface area contributed by atoms with Crippen molar-refractivity contribution in [1.82, 2.24) is 10.2 Å². The number of carbonyl (C=O) groups is 2. The molecule has 1 saturated heterocycles. The number of aliphatic hydroxyl groups is 1. The van der Waals surface area contributed by atoms with Gasteiger partial charge in [0.15, 0.2) is 0 Å². The summed E-state index contributed by atoms with van der Waals surface area (Å²) in [7, 11) is 1.52. The van der Waals surface area contributed by atoms with Crippen LogP contribution in [0.4, 0.5) is 9.59 Å². The lowest BCUT2D eigenvalue weighted by Gasteiger charge is -2.23. The van der Waals surface area contributed by atoms with E-state index in [1.165, 1.54) is 11.9 Å². The molecule has 23 heavy (non-hydrogen) atoms. The predicted octanol–water partition coefficient (Wildman–Crippen LogP) is 1.12. The molecule has 0 unspecified atom stereocenters. The zero-order valence-corrected chi connectivity index (χ0v) is 14.3. The maximum absolute atomic E-state index is 11.8. The third-order valence-corrected chi connectivity index (χ3v) is 3.09. The van der Waals surface area contributed by atoms with E-state index in [9.17, 15) is 14.7 Å². The predicted molar refractivity (Wildman–Crippen MR) is 83.2 cm³/mol. The average Bonchev–Trinajstić information content (AvgIpc) is 2.93. The van der Waals surface area contributed by atoms with Crippen molar-refractivity contribution in [2.24, 2.45) is 0 Å². The van der Waals surface area contributed by atoms with Crippen LogP contribution in [-0.2, 0) is 14.2 Å². The molecule has 0 aromatic carbocycles. The van der Waals surface area contributed by atoms with Crippen LogP contribution in [-0.4, -0.2) is 73.4 Å². The number of hydrogen-bond donors (Lipinski definition) is 2. The summed E-state index contributed by atoms with van der Waals surface area (Å²) in [6, 6.07) is 0. The van der Waals surface area contributed by atoms with Crippen LogP contribution in [0, 0.1) is 0 Å². The molecule has 1 aliphatic rings. The Kier molecular flexibility index (Phi) is 7.57. The quantitative estimate of drug-likeness (QED) is 0.756. The van der Waals surface area contributed by atoms with Crippen LogP contribution < -0.4 is 5.32 Å². The molecule has 2 atom stereocenters. The highest BCUT2D eigenvalue weighted by Crippen LogP contribution is 2.12. The first-order chi connectivity index (χ1) is 10.7. The molecule has 0 saturated carbocycles. The summed E-state index contributed by atoms with van der Waals surface area (Å²) in [4.78, 5) is 24.5. The summed E-state index contributed by atoms with van der Waals surface area (Å²) >= 11 is 0. The number of aliphatic hydroxyl groups excluding tert-OH is 1. The lowest BCUT2D eigenvalue weighted by atomic mass is 10.2. The lowest BCUT2D eigenvalue weighted by molar-refractivity contribution is 0.0262. The number of hydrogen-bond acceptors (Lipinski definition) is 6. The maximum Gasteiger partial charge on any atom is 0.409 e. The van der Waals surface area contributed by atoms with Crippen LogP contribution in [0.15, 0.2) is 0 Å². The minimum absolute atomic E-state index is 0.0156. The van der Waals surface area contributed by atoms with E-state index >= 15 is 0 Å². The number of likely N-dealkylation sites (N-methyl/N-ethyl adjacent to an activating group) is 1. The van der Waals surface area contributed by atoms with Crippen LogP contribution >= 0.6 is 0 Å². The number of ether oxygens (including phenoxy) is 3. The minimum atomic E-state index is -0.914. The van der Waals surface area contributed by atoms with Gasteiger partial charge in [0.05, 0.1) is 18.8 Å². The second-order valence-electron chi connectivity index (χ2n) is 6.63. The van der Waals surface area contributed by atoms with Gasteiger partial charge in [0, 0.05) is 20.2 Å². The van der Waals surface area contributed by atoms with Crippen molar-refractivity contribution >= 4 is 12.2 Å². The molecule has 2 amide bonds. The fourth-order valence-electron chi connectivity index (χ4n) is 2.02. The zero-order valence-electron chi connectivity index (χ0n) is 14.3. The van der Waals surface area contributed by atoms with Crippen molar-refractivity contribution in [1.29, 1.82) is 0 Å². The third-order valence-electron chi connectivity index (χ3n) is 3.09. The molecule has 1 heterocycles. The summed E-state index contributed by atoms with van der Waals surface area (Å²) in [6.45, 7) is 6.20. The smallest absolute Gasteiger partial charge is 0.409 e. The normalized spacial score (nSPS) is 19.1. The number of nitrogens with one attached hydrogen (secondary N) is 1. The number of nitrogens with zero attached hydrogens (tertiary/aromatic N) is 1. The van der Waals surface area contributed by atoms with E-state index in [0.29, 0.717) is 6.61 Å². The van der Waals surface area contributed by atoms with Crippen LogP contribution in [0.2, 0.25) is 0 Å². The standard InChI is InChI=1S/C15H28N2O6/c1-15(2,3)23-13(19)16-8-11(18)9-17(4)14(20)22-10-12-6-5-7-21-12/h11-12,18H,5-10H2,1-4H3,(H,16,19)/t11-,12+/m0/s1. The number of rotatable bonds is 6. The van der Waals surface area contributed by atoms with Gasteiger partial charge in [0.1, 0.15) is 12.2 Å². The van der Waals surface area contributed by atoms with Gasteiger partial charge in [-0.2, -0.15) is 0 Å². The number of amides is 2. The third kappa shape index (κ3) is 8.61. The van der Waals surface area contributed by atoms with E-state index in [0.717, 1.165) is 12.8 Å². The van der Waals surface area contributed by atoms with Gasteiger partial charge in [0.2, 0.25) is 0 Å². The van der Waals surface area contributed by atoms with Gasteiger partial charge in [-0.05, 0) is 33.6 Å². The van der Waals surface area contributed by atoms with Crippen LogP contribution in [0.5, 0.6) is 0 Å². The van der Waals surface area contributed by atoms with Gasteiger partial charge in [-0.25, -0.2) is 9.59 Å². The van der Waals surface area contributed by atoms with Crippen molar-refractivity contribution in [2.75, 3.05) is 33.4 Å². The Labute approximate surface area is 137 Å². The largest absolute Gasteiger partial charge is 0.447 e. The maximum atomic E-state index is 11.8. The van der Waals surface area contributed by atoms with Gasteiger partial charge < -0.3 is 29.5 Å². The summed E-state index contributed by atoms with van der Waals surface area (Å²) < 4.78 is 15.5. The first kappa shape index (κ1) is 19.5.